The largest absolute Gasteiger partial charge is 0.325 e. The maximum atomic E-state index is 12.8. The molecule has 0 bridgehead atoms. The normalized spacial score (nSPS) is 11.8. The Bertz CT molecular complexity index is 1190. The topological polar surface area (TPSA) is 59.8 Å². The van der Waals surface area contributed by atoms with Crippen molar-refractivity contribution in [3.05, 3.63) is 90.0 Å². The summed E-state index contributed by atoms with van der Waals surface area (Å²) in [4.78, 5) is 12.8. The molecule has 0 saturated carbocycles. The molecule has 31 heavy (non-hydrogen) atoms. The van der Waals surface area contributed by atoms with E-state index in [1.807, 2.05) is 85.1 Å². The minimum absolute atomic E-state index is 0.0704. The number of benzene rings is 3. The van der Waals surface area contributed by atoms with Crippen molar-refractivity contribution >= 4 is 23.4 Å². The van der Waals surface area contributed by atoms with Gasteiger partial charge in [-0.15, -0.1) is 10.2 Å². The summed E-state index contributed by atoms with van der Waals surface area (Å²) in [6.45, 7) is 5.92. The van der Waals surface area contributed by atoms with Crippen LogP contribution in [0.3, 0.4) is 0 Å². The fourth-order valence-electron chi connectivity index (χ4n) is 3.21. The van der Waals surface area contributed by atoms with Crippen molar-refractivity contribution in [3.63, 3.8) is 0 Å². The van der Waals surface area contributed by atoms with Crippen LogP contribution in [0.15, 0.2) is 84.0 Å². The molecule has 6 heteroatoms. The molecule has 0 aliphatic rings. The maximum Gasteiger partial charge on any atom is 0.237 e. The van der Waals surface area contributed by atoms with Crippen LogP contribution in [0.2, 0.25) is 0 Å². The number of thioether (sulfide) groups is 1. The first-order valence-electron chi connectivity index (χ1n) is 10.1. The third-order valence-electron chi connectivity index (χ3n) is 5.01. The van der Waals surface area contributed by atoms with E-state index in [9.17, 15) is 4.79 Å². The number of carbonyl (C=O) groups is 1. The first-order chi connectivity index (χ1) is 15.0. The van der Waals surface area contributed by atoms with Gasteiger partial charge in [-0.2, -0.15) is 0 Å². The molecule has 1 amide bonds. The van der Waals surface area contributed by atoms with E-state index in [0.29, 0.717) is 5.16 Å². The van der Waals surface area contributed by atoms with Gasteiger partial charge in [-0.05, 0) is 44.5 Å². The van der Waals surface area contributed by atoms with Crippen molar-refractivity contribution < 1.29 is 4.79 Å². The van der Waals surface area contributed by atoms with E-state index < -0.39 is 0 Å². The Morgan fingerprint density at radius 3 is 2.29 bits per heavy atom. The average Bonchev–Trinajstić information content (AvgIpc) is 3.20. The van der Waals surface area contributed by atoms with E-state index in [1.165, 1.54) is 17.3 Å². The number of aromatic nitrogens is 3. The standard InChI is InChI=1S/C25H24N4OS/c1-17-13-15-21(16-14-17)29-23(20-10-5-4-6-11-20)27-28-25(29)31-19(3)24(30)26-22-12-8-7-9-18(22)2/h4-16,19H,1-3H3,(H,26,30). The van der Waals surface area contributed by atoms with Crippen LogP contribution in [0.5, 0.6) is 0 Å². The van der Waals surface area contributed by atoms with Gasteiger partial charge in [-0.1, -0.05) is 78.0 Å². The van der Waals surface area contributed by atoms with Crippen molar-refractivity contribution in [2.45, 2.75) is 31.2 Å². The lowest BCUT2D eigenvalue weighted by Crippen LogP contribution is -2.23. The highest BCUT2D eigenvalue weighted by atomic mass is 32.2. The van der Waals surface area contributed by atoms with Crippen molar-refractivity contribution in [1.82, 2.24) is 14.8 Å². The Labute approximate surface area is 186 Å². The Hall–Kier alpha value is -3.38. The average molecular weight is 429 g/mol. The maximum absolute atomic E-state index is 12.8. The molecule has 0 radical (unpaired) electrons. The number of para-hydroxylation sites is 1. The predicted molar refractivity (Wildman–Crippen MR) is 127 cm³/mol. The predicted octanol–water partition coefficient (Wildman–Crippen LogP) is 5.67. The van der Waals surface area contributed by atoms with E-state index >= 15 is 0 Å². The van der Waals surface area contributed by atoms with Crippen LogP contribution in [-0.4, -0.2) is 25.9 Å². The molecule has 1 aromatic heterocycles. The second kappa shape index (κ2) is 9.18. The minimum Gasteiger partial charge on any atom is -0.325 e. The molecule has 4 rings (SSSR count). The number of nitrogens with zero attached hydrogens (tertiary/aromatic N) is 3. The van der Waals surface area contributed by atoms with E-state index in [-0.39, 0.29) is 11.2 Å². The number of hydrogen-bond donors (Lipinski definition) is 1. The molecule has 5 nitrogen and oxygen atoms in total. The Balaban J connectivity index is 1.65. The second-order valence-corrected chi connectivity index (χ2v) is 8.72. The molecule has 1 heterocycles. The first kappa shape index (κ1) is 20.9. The molecule has 156 valence electrons. The number of hydrogen-bond acceptors (Lipinski definition) is 4. The highest BCUT2D eigenvalue weighted by molar-refractivity contribution is 8.00. The number of rotatable bonds is 6. The first-order valence-corrected chi connectivity index (χ1v) is 11.0. The summed E-state index contributed by atoms with van der Waals surface area (Å²) in [6.07, 6.45) is 0. The van der Waals surface area contributed by atoms with E-state index in [0.717, 1.165) is 28.3 Å². The zero-order valence-corrected chi connectivity index (χ0v) is 18.6. The third kappa shape index (κ3) is 4.70. The van der Waals surface area contributed by atoms with Gasteiger partial charge in [-0.25, -0.2) is 0 Å². The highest BCUT2D eigenvalue weighted by Crippen LogP contribution is 2.30. The highest BCUT2D eigenvalue weighted by Gasteiger charge is 2.22. The van der Waals surface area contributed by atoms with Crippen LogP contribution in [-0.2, 0) is 4.79 Å². The van der Waals surface area contributed by atoms with Gasteiger partial charge < -0.3 is 5.32 Å². The van der Waals surface area contributed by atoms with Crippen LogP contribution < -0.4 is 5.32 Å². The summed E-state index contributed by atoms with van der Waals surface area (Å²) in [6, 6.07) is 25.9. The van der Waals surface area contributed by atoms with Crippen LogP contribution in [0.25, 0.3) is 17.1 Å². The van der Waals surface area contributed by atoms with Crippen LogP contribution in [0, 0.1) is 13.8 Å². The summed E-state index contributed by atoms with van der Waals surface area (Å²) in [5.41, 5.74) is 4.97. The van der Waals surface area contributed by atoms with E-state index in [4.69, 9.17) is 0 Å². The third-order valence-corrected chi connectivity index (χ3v) is 6.05. The van der Waals surface area contributed by atoms with Crippen molar-refractivity contribution in [2.75, 3.05) is 5.32 Å². The molecule has 1 atom stereocenters. The smallest absolute Gasteiger partial charge is 0.237 e. The van der Waals surface area contributed by atoms with Gasteiger partial charge in [-0.3, -0.25) is 9.36 Å². The fourth-order valence-corrected chi connectivity index (χ4v) is 4.07. The molecule has 1 unspecified atom stereocenters. The van der Waals surface area contributed by atoms with E-state index in [1.54, 1.807) is 0 Å². The van der Waals surface area contributed by atoms with Crippen LogP contribution in [0.1, 0.15) is 18.1 Å². The number of amides is 1. The van der Waals surface area contributed by atoms with Gasteiger partial charge >= 0.3 is 0 Å². The van der Waals surface area contributed by atoms with Crippen LogP contribution in [0.4, 0.5) is 5.69 Å². The monoisotopic (exact) mass is 428 g/mol. The SMILES string of the molecule is Cc1ccc(-n2c(SC(C)C(=O)Nc3ccccc3C)nnc2-c2ccccc2)cc1. The Morgan fingerprint density at radius 1 is 0.903 bits per heavy atom. The number of carbonyl (C=O) groups excluding carboxylic acids is 1. The van der Waals surface area contributed by atoms with Gasteiger partial charge in [0.1, 0.15) is 0 Å². The zero-order valence-electron chi connectivity index (χ0n) is 17.7. The van der Waals surface area contributed by atoms with Crippen molar-refractivity contribution in [1.29, 1.82) is 0 Å². The molecule has 0 aliphatic carbocycles. The van der Waals surface area contributed by atoms with Gasteiger partial charge in [0.05, 0.1) is 5.25 Å². The molecule has 0 spiro atoms. The molecule has 0 saturated heterocycles. The number of aryl methyl sites for hydroxylation is 2. The lowest BCUT2D eigenvalue weighted by atomic mass is 10.2. The Morgan fingerprint density at radius 2 is 1.58 bits per heavy atom. The lowest BCUT2D eigenvalue weighted by Gasteiger charge is -2.15. The summed E-state index contributed by atoms with van der Waals surface area (Å²) in [7, 11) is 0. The molecular formula is C25H24N4OS. The fraction of sp³-hybridized carbons (Fsp3) is 0.160. The van der Waals surface area contributed by atoms with Crippen molar-refractivity contribution in [3.8, 4) is 17.1 Å². The molecule has 1 N–H and O–H groups in total. The van der Waals surface area contributed by atoms with Gasteiger partial charge in [0, 0.05) is 16.9 Å². The summed E-state index contributed by atoms with van der Waals surface area (Å²) in [5, 5.41) is 12.2. The lowest BCUT2D eigenvalue weighted by molar-refractivity contribution is -0.115. The van der Waals surface area contributed by atoms with Crippen LogP contribution >= 0.6 is 11.8 Å². The molecule has 3 aromatic carbocycles. The number of anilines is 1. The second-order valence-electron chi connectivity index (χ2n) is 7.41. The van der Waals surface area contributed by atoms with Crippen molar-refractivity contribution in [2.24, 2.45) is 0 Å². The van der Waals surface area contributed by atoms with E-state index in [2.05, 4.69) is 34.6 Å². The quantitative estimate of drug-likeness (QED) is 0.402. The molecule has 0 aliphatic heterocycles. The van der Waals surface area contributed by atoms with Gasteiger partial charge in [0.15, 0.2) is 11.0 Å². The molecule has 0 fully saturated rings. The Kier molecular flexibility index (Phi) is 6.18. The van der Waals surface area contributed by atoms with Gasteiger partial charge in [0.25, 0.3) is 0 Å². The summed E-state index contributed by atoms with van der Waals surface area (Å²) in [5.74, 6) is 0.678. The number of nitrogens with one attached hydrogen (secondary N) is 1. The molecule has 4 aromatic rings. The zero-order chi connectivity index (χ0) is 21.8. The molecular weight excluding hydrogens is 404 g/mol. The minimum atomic E-state index is -0.350. The summed E-state index contributed by atoms with van der Waals surface area (Å²) >= 11 is 1.40. The van der Waals surface area contributed by atoms with Gasteiger partial charge in [0.2, 0.25) is 5.91 Å². The summed E-state index contributed by atoms with van der Waals surface area (Å²) < 4.78 is 2.01.